The first-order valence-corrected chi connectivity index (χ1v) is 7.19. The maximum Gasteiger partial charge on any atom is 0.140 e. The fourth-order valence-corrected chi connectivity index (χ4v) is 3.36. The number of aromatic hydroxyl groups is 1. The van der Waals surface area contributed by atoms with Crippen LogP contribution in [0.1, 0.15) is 0 Å². The first-order chi connectivity index (χ1) is 7.60. The first kappa shape index (κ1) is 11.0. The molecule has 2 aromatic carbocycles. The van der Waals surface area contributed by atoms with Crippen molar-refractivity contribution in [3.05, 3.63) is 54.6 Å². The van der Waals surface area contributed by atoms with Crippen LogP contribution in [0.15, 0.2) is 54.6 Å². The SMILES string of the molecule is CP(=O)(c1ccccc1)c1ccc(O)cc1. The molecular weight excluding hydrogens is 219 g/mol. The molecule has 1 N–H and O–H groups in total. The predicted octanol–water partition coefficient (Wildman–Crippen LogP) is 2.34. The molecule has 0 aliphatic carbocycles. The lowest BCUT2D eigenvalue weighted by Crippen LogP contribution is -2.14. The molecule has 2 aromatic rings. The second-order valence-corrected chi connectivity index (χ2v) is 6.66. The van der Waals surface area contributed by atoms with E-state index in [0.29, 0.717) is 0 Å². The summed E-state index contributed by atoms with van der Waals surface area (Å²) >= 11 is 0. The van der Waals surface area contributed by atoms with Crippen molar-refractivity contribution in [2.45, 2.75) is 0 Å². The Morgan fingerprint density at radius 2 is 1.38 bits per heavy atom. The second-order valence-electron chi connectivity index (χ2n) is 3.78. The molecule has 82 valence electrons. The Labute approximate surface area is 94.9 Å². The van der Waals surface area contributed by atoms with Gasteiger partial charge in [-0.05, 0) is 30.9 Å². The van der Waals surface area contributed by atoms with Crippen LogP contribution >= 0.6 is 7.14 Å². The fourth-order valence-electron chi connectivity index (χ4n) is 1.60. The van der Waals surface area contributed by atoms with Gasteiger partial charge in [0, 0.05) is 10.6 Å². The van der Waals surface area contributed by atoms with Crippen LogP contribution in [0.5, 0.6) is 5.75 Å². The lowest BCUT2D eigenvalue weighted by molar-refractivity contribution is 0.475. The third-order valence-electron chi connectivity index (χ3n) is 2.59. The highest BCUT2D eigenvalue weighted by atomic mass is 31.2. The van der Waals surface area contributed by atoms with Crippen LogP contribution < -0.4 is 10.6 Å². The summed E-state index contributed by atoms with van der Waals surface area (Å²) in [5, 5.41) is 10.8. The molecule has 0 spiro atoms. The lowest BCUT2D eigenvalue weighted by Gasteiger charge is -2.13. The van der Waals surface area contributed by atoms with Crippen molar-refractivity contribution in [1.29, 1.82) is 0 Å². The quantitative estimate of drug-likeness (QED) is 0.807. The van der Waals surface area contributed by atoms with Gasteiger partial charge in [-0.15, -0.1) is 0 Å². The van der Waals surface area contributed by atoms with Gasteiger partial charge in [0.15, 0.2) is 0 Å². The second kappa shape index (κ2) is 4.15. The Balaban J connectivity index is 2.47. The van der Waals surface area contributed by atoms with Gasteiger partial charge in [-0.2, -0.15) is 0 Å². The largest absolute Gasteiger partial charge is 0.508 e. The number of rotatable bonds is 2. The topological polar surface area (TPSA) is 37.3 Å². The Hall–Kier alpha value is -1.53. The highest BCUT2D eigenvalue weighted by molar-refractivity contribution is 7.78. The summed E-state index contributed by atoms with van der Waals surface area (Å²) in [4.78, 5) is 0. The van der Waals surface area contributed by atoms with Crippen LogP contribution in [0, 0.1) is 0 Å². The number of phenols is 1. The van der Waals surface area contributed by atoms with Crippen molar-refractivity contribution in [2.75, 3.05) is 6.66 Å². The maximum absolute atomic E-state index is 12.6. The van der Waals surface area contributed by atoms with E-state index in [2.05, 4.69) is 0 Å². The van der Waals surface area contributed by atoms with Crippen molar-refractivity contribution in [2.24, 2.45) is 0 Å². The molecule has 0 saturated heterocycles. The summed E-state index contributed by atoms with van der Waals surface area (Å²) < 4.78 is 12.6. The molecule has 1 unspecified atom stereocenters. The van der Waals surface area contributed by atoms with Gasteiger partial charge in [-0.1, -0.05) is 30.3 Å². The molecule has 0 radical (unpaired) electrons. The Morgan fingerprint density at radius 1 is 0.875 bits per heavy atom. The number of hydrogen-bond donors (Lipinski definition) is 1. The van der Waals surface area contributed by atoms with Gasteiger partial charge in [0.1, 0.15) is 12.9 Å². The third-order valence-corrected chi connectivity index (χ3v) is 5.16. The number of hydrogen-bond acceptors (Lipinski definition) is 2. The van der Waals surface area contributed by atoms with Crippen LogP contribution in [0.4, 0.5) is 0 Å². The zero-order valence-electron chi connectivity index (χ0n) is 9.00. The van der Waals surface area contributed by atoms with Crippen molar-refractivity contribution in [1.82, 2.24) is 0 Å². The monoisotopic (exact) mass is 232 g/mol. The Morgan fingerprint density at radius 3 is 1.94 bits per heavy atom. The zero-order valence-corrected chi connectivity index (χ0v) is 9.89. The minimum Gasteiger partial charge on any atom is -0.508 e. The molecule has 3 heteroatoms. The van der Waals surface area contributed by atoms with Crippen LogP contribution in [0.3, 0.4) is 0 Å². The van der Waals surface area contributed by atoms with E-state index >= 15 is 0 Å². The molecule has 0 aliphatic rings. The van der Waals surface area contributed by atoms with Crippen LogP contribution in [-0.2, 0) is 4.57 Å². The first-order valence-electron chi connectivity index (χ1n) is 5.03. The van der Waals surface area contributed by atoms with Gasteiger partial charge in [-0.3, -0.25) is 0 Å². The van der Waals surface area contributed by atoms with E-state index in [4.69, 9.17) is 0 Å². The van der Waals surface area contributed by atoms with E-state index in [1.165, 1.54) is 0 Å². The smallest absolute Gasteiger partial charge is 0.140 e. The van der Waals surface area contributed by atoms with Gasteiger partial charge in [0.05, 0.1) is 0 Å². The van der Waals surface area contributed by atoms with Crippen molar-refractivity contribution >= 4 is 17.8 Å². The van der Waals surface area contributed by atoms with Crippen molar-refractivity contribution in [3.8, 4) is 5.75 Å². The molecule has 0 saturated carbocycles. The predicted molar refractivity (Wildman–Crippen MR) is 67.3 cm³/mol. The van der Waals surface area contributed by atoms with E-state index in [1.54, 1.807) is 30.9 Å². The summed E-state index contributed by atoms with van der Waals surface area (Å²) in [7, 11) is -2.53. The molecule has 0 fully saturated rings. The van der Waals surface area contributed by atoms with Crippen LogP contribution in [0.25, 0.3) is 0 Å². The summed E-state index contributed by atoms with van der Waals surface area (Å²) in [5.41, 5.74) is 0. The highest BCUT2D eigenvalue weighted by Crippen LogP contribution is 2.38. The van der Waals surface area contributed by atoms with Crippen molar-refractivity contribution < 1.29 is 9.67 Å². The molecule has 2 nitrogen and oxygen atoms in total. The molecule has 0 aromatic heterocycles. The minimum absolute atomic E-state index is 0.191. The molecule has 0 aliphatic heterocycles. The molecular formula is C13H13O2P. The lowest BCUT2D eigenvalue weighted by atomic mass is 10.3. The van der Waals surface area contributed by atoms with E-state index in [9.17, 15) is 9.67 Å². The minimum atomic E-state index is -2.53. The average molecular weight is 232 g/mol. The van der Waals surface area contributed by atoms with E-state index in [-0.39, 0.29) is 5.75 Å². The van der Waals surface area contributed by atoms with Crippen molar-refractivity contribution in [3.63, 3.8) is 0 Å². The summed E-state index contributed by atoms with van der Waals surface area (Å²) in [6.07, 6.45) is 0. The Bertz CT molecular complexity index is 517. The fraction of sp³-hybridized carbons (Fsp3) is 0.0769. The molecule has 1 atom stereocenters. The summed E-state index contributed by atoms with van der Waals surface area (Å²) in [6, 6.07) is 16.0. The zero-order chi connectivity index (χ0) is 11.6. The van der Waals surface area contributed by atoms with Crippen LogP contribution in [0.2, 0.25) is 0 Å². The number of phenolic OH excluding ortho intramolecular Hbond substituents is 1. The maximum atomic E-state index is 12.6. The Kier molecular flexibility index (Phi) is 2.84. The normalized spacial score (nSPS) is 14.3. The standard InChI is InChI=1S/C13H13O2P/c1-16(15,12-5-3-2-4-6-12)13-9-7-11(14)8-10-13/h2-10,14H,1H3. The van der Waals surface area contributed by atoms with Gasteiger partial charge >= 0.3 is 0 Å². The average Bonchev–Trinajstić information content (AvgIpc) is 2.31. The summed E-state index contributed by atoms with van der Waals surface area (Å²) in [6.45, 7) is 1.74. The van der Waals surface area contributed by atoms with Gasteiger partial charge in [0.25, 0.3) is 0 Å². The van der Waals surface area contributed by atoms with E-state index < -0.39 is 7.14 Å². The van der Waals surface area contributed by atoms with Gasteiger partial charge < -0.3 is 9.67 Å². The highest BCUT2D eigenvalue weighted by Gasteiger charge is 2.20. The molecule has 0 amide bonds. The molecule has 2 rings (SSSR count). The number of benzene rings is 2. The van der Waals surface area contributed by atoms with Gasteiger partial charge in [0.2, 0.25) is 0 Å². The molecule has 0 bridgehead atoms. The summed E-state index contributed by atoms with van der Waals surface area (Å²) in [5.74, 6) is 0.191. The van der Waals surface area contributed by atoms with E-state index in [1.807, 2.05) is 30.3 Å². The van der Waals surface area contributed by atoms with Gasteiger partial charge in [-0.25, -0.2) is 0 Å². The van der Waals surface area contributed by atoms with Crippen LogP contribution in [-0.4, -0.2) is 11.8 Å². The molecule has 0 heterocycles. The third kappa shape index (κ3) is 2.02. The van der Waals surface area contributed by atoms with E-state index in [0.717, 1.165) is 10.6 Å². The molecule has 16 heavy (non-hydrogen) atoms.